The van der Waals surface area contributed by atoms with E-state index in [1.54, 1.807) is 81.8 Å². The van der Waals surface area contributed by atoms with Crippen molar-refractivity contribution in [1.82, 2.24) is 0 Å². The molecule has 5 rings (SSSR count). The van der Waals surface area contributed by atoms with Crippen molar-refractivity contribution >= 4 is 23.8 Å². The number of benzene rings is 4. The molecule has 0 aliphatic carbocycles. The van der Waals surface area contributed by atoms with Crippen LogP contribution < -0.4 is 14.8 Å². The second-order valence-electron chi connectivity index (χ2n) is 10.1. The number of hydrogen-bond donors (Lipinski definition) is 1. The molecule has 1 heterocycles. The van der Waals surface area contributed by atoms with Crippen molar-refractivity contribution < 1.29 is 23.8 Å². The monoisotopic (exact) mass is 560 g/mol. The van der Waals surface area contributed by atoms with Crippen LogP contribution in [0, 0.1) is 0 Å². The normalized spacial score (nSPS) is 15.5. The van der Waals surface area contributed by atoms with Gasteiger partial charge in [-0.05, 0) is 73.0 Å². The lowest BCUT2D eigenvalue weighted by Crippen LogP contribution is -2.36. The lowest BCUT2D eigenvalue weighted by Gasteiger charge is -2.25. The fraction of sp³-hybridized carbons (Fsp3) is 0.171. The summed E-state index contributed by atoms with van der Waals surface area (Å²) >= 11 is 0. The van der Waals surface area contributed by atoms with Gasteiger partial charge in [0.05, 0.1) is 13.2 Å². The Morgan fingerprint density at radius 1 is 0.833 bits per heavy atom. The molecule has 212 valence electrons. The summed E-state index contributed by atoms with van der Waals surface area (Å²) in [6, 6.07) is 31.7. The van der Waals surface area contributed by atoms with Gasteiger partial charge in [-0.3, -0.25) is 9.79 Å². The van der Waals surface area contributed by atoms with Crippen LogP contribution >= 0.6 is 0 Å². The molecule has 0 bridgehead atoms. The molecule has 0 spiro atoms. The van der Waals surface area contributed by atoms with Crippen molar-refractivity contribution in [2.75, 3.05) is 12.4 Å². The van der Waals surface area contributed by atoms with Gasteiger partial charge in [0, 0.05) is 11.9 Å². The molecule has 0 aromatic heterocycles. The first-order valence-electron chi connectivity index (χ1n) is 13.7. The van der Waals surface area contributed by atoms with Crippen LogP contribution in [0.1, 0.15) is 47.0 Å². The summed E-state index contributed by atoms with van der Waals surface area (Å²) < 4.78 is 17.4. The molecule has 4 aromatic carbocycles. The molecule has 4 aromatic rings. The summed E-state index contributed by atoms with van der Waals surface area (Å²) in [5.41, 5.74) is 1.88. The fourth-order valence-corrected chi connectivity index (χ4v) is 4.75. The van der Waals surface area contributed by atoms with Crippen molar-refractivity contribution in [1.29, 1.82) is 0 Å². The van der Waals surface area contributed by atoms with Gasteiger partial charge in [0.2, 0.25) is 0 Å². The zero-order valence-electron chi connectivity index (χ0n) is 23.7. The molecule has 1 amide bonds. The molecule has 1 N–H and O–H groups in total. The molecule has 0 saturated carbocycles. The smallest absolute Gasteiger partial charge is 0.342 e. The molecular weight excluding hydrogens is 528 g/mol. The van der Waals surface area contributed by atoms with E-state index in [1.165, 1.54) is 0 Å². The predicted molar refractivity (Wildman–Crippen MR) is 163 cm³/mol. The molecule has 0 saturated heterocycles. The van der Waals surface area contributed by atoms with E-state index < -0.39 is 17.6 Å². The Labute approximate surface area is 245 Å². The van der Waals surface area contributed by atoms with E-state index >= 15 is 0 Å². The second-order valence-corrected chi connectivity index (χ2v) is 10.1. The maximum Gasteiger partial charge on any atom is 0.342 e. The van der Waals surface area contributed by atoms with Gasteiger partial charge in [0.15, 0.2) is 5.54 Å². The Balaban J connectivity index is 1.49. The van der Waals surface area contributed by atoms with Crippen LogP contribution in [0.5, 0.6) is 11.5 Å². The van der Waals surface area contributed by atoms with Gasteiger partial charge < -0.3 is 19.5 Å². The number of aliphatic imine (C=N–C) groups is 1. The van der Waals surface area contributed by atoms with Gasteiger partial charge in [-0.15, -0.1) is 0 Å². The first-order chi connectivity index (χ1) is 20.4. The Bertz CT molecular complexity index is 1540. The number of methoxy groups -OCH3 is 1. The highest BCUT2D eigenvalue weighted by atomic mass is 16.5. The average molecular weight is 561 g/mol. The molecule has 0 radical (unpaired) electrons. The molecule has 0 fully saturated rings. The number of anilines is 1. The molecule has 1 unspecified atom stereocenters. The standard InChI is InChI=1S/C35H32N2O5/c1-24(2)41-33(38)30-23-28(37-34(39)35(21-10-22-36-35)27-15-18-29(40-3)19-16-27)17-20-31(30)42-32(25-11-6-4-7-12-25)26-13-8-5-9-14-26/h4-24,32H,1-3H3,(H,37,39). The number of allylic oxidation sites excluding steroid dienone is 1. The number of nitrogens with zero attached hydrogens (tertiary/aromatic N) is 1. The van der Waals surface area contributed by atoms with E-state index in [1.807, 2.05) is 60.7 Å². The minimum atomic E-state index is -1.26. The Morgan fingerprint density at radius 2 is 1.48 bits per heavy atom. The minimum Gasteiger partial charge on any atom is -0.497 e. The fourth-order valence-electron chi connectivity index (χ4n) is 4.75. The number of carbonyl (C=O) groups is 2. The highest BCUT2D eigenvalue weighted by molar-refractivity contribution is 6.04. The van der Waals surface area contributed by atoms with Crippen LogP contribution in [0.15, 0.2) is 120 Å². The van der Waals surface area contributed by atoms with Crippen LogP contribution in [0.25, 0.3) is 0 Å². The maximum absolute atomic E-state index is 13.7. The van der Waals surface area contributed by atoms with Gasteiger partial charge in [0.25, 0.3) is 5.91 Å². The van der Waals surface area contributed by atoms with Crippen LogP contribution in [-0.2, 0) is 15.1 Å². The minimum absolute atomic E-state index is 0.197. The summed E-state index contributed by atoms with van der Waals surface area (Å²) in [5, 5.41) is 2.95. The van der Waals surface area contributed by atoms with Gasteiger partial charge in [-0.1, -0.05) is 72.8 Å². The van der Waals surface area contributed by atoms with Crippen molar-refractivity contribution in [2.45, 2.75) is 31.6 Å². The number of amides is 1. The summed E-state index contributed by atoms with van der Waals surface area (Å²) in [6.07, 6.45) is 4.24. The highest BCUT2D eigenvalue weighted by Crippen LogP contribution is 2.35. The van der Waals surface area contributed by atoms with Crippen molar-refractivity contribution in [3.05, 3.63) is 138 Å². The number of rotatable bonds is 10. The molecular formula is C35H32N2O5. The molecule has 7 nitrogen and oxygen atoms in total. The Kier molecular flexibility index (Phi) is 8.48. The quantitative estimate of drug-likeness (QED) is 0.213. The van der Waals surface area contributed by atoms with Gasteiger partial charge in [-0.25, -0.2) is 4.79 Å². The Morgan fingerprint density at radius 3 is 2.02 bits per heavy atom. The topological polar surface area (TPSA) is 86.2 Å². The van der Waals surface area contributed by atoms with E-state index in [0.29, 0.717) is 22.7 Å². The molecule has 1 aliphatic heterocycles. The average Bonchev–Trinajstić information content (AvgIpc) is 3.52. The number of carbonyl (C=O) groups excluding carboxylic acids is 2. The van der Waals surface area contributed by atoms with E-state index in [0.717, 1.165) is 11.1 Å². The van der Waals surface area contributed by atoms with Gasteiger partial charge >= 0.3 is 5.97 Å². The number of nitrogens with one attached hydrogen (secondary N) is 1. The third kappa shape index (κ3) is 6.10. The zero-order valence-corrected chi connectivity index (χ0v) is 23.7. The van der Waals surface area contributed by atoms with E-state index in [-0.39, 0.29) is 17.6 Å². The molecule has 42 heavy (non-hydrogen) atoms. The van der Waals surface area contributed by atoms with Crippen LogP contribution in [0.4, 0.5) is 5.69 Å². The molecule has 1 atom stereocenters. The third-order valence-electron chi connectivity index (χ3n) is 6.83. The summed E-state index contributed by atoms with van der Waals surface area (Å²) in [4.78, 5) is 31.5. The molecule has 1 aliphatic rings. The lowest BCUT2D eigenvalue weighted by molar-refractivity contribution is -0.119. The van der Waals surface area contributed by atoms with Crippen LogP contribution in [0.2, 0.25) is 0 Å². The van der Waals surface area contributed by atoms with E-state index in [4.69, 9.17) is 14.2 Å². The summed E-state index contributed by atoms with van der Waals surface area (Å²) in [7, 11) is 1.59. The number of esters is 1. The maximum atomic E-state index is 13.7. The first-order valence-corrected chi connectivity index (χ1v) is 13.7. The zero-order chi connectivity index (χ0) is 29.5. The van der Waals surface area contributed by atoms with E-state index in [9.17, 15) is 9.59 Å². The number of hydrogen-bond acceptors (Lipinski definition) is 6. The highest BCUT2D eigenvalue weighted by Gasteiger charge is 2.39. The lowest BCUT2D eigenvalue weighted by atomic mass is 9.90. The first kappa shape index (κ1) is 28.4. The largest absolute Gasteiger partial charge is 0.497 e. The summed E-state index contributed by atoms with van der Waals surface area (Å²) in [6.45, 7) is 3.56. The number of ether oxygens (including phenoxy) is 3. The van der Waals surface area contributed by atoms with Crippen LogP contribution in [-0.4, -0.2) is 31.3 Å². The predicted octanol–water partition coefficient (Wildman–Crippen LogP) is 6.90. The van der Waals surface area contributed by atoms with Crippen molar-refractivity contribution in [3.8, 4) is 11.5 Å². The third-order valence-corrected chi connectivity index (χ3v) is 6.83. The van der Waals surface area contributed by atoms with Crippen LogP contribution in [0.3, 0.4) is 0 Å². The second kappa shape index (κ2) is 12.6. The van der Waals surface area contributed by atoms with Crippen molar-refractivity contribution in [2.24, 2.45) is 4.99 Å². The van der Waals surface area contributed by atoms with Gasteiger partial charge in [-0.2, -0.15) is 0 Å². The molecule has 7 heteroatoms. The van der Waals surface area contributed by atoms with Crippen molar-refractivity contribution in [3.63, 3.8) is 0 Å². The summed E-state index contributed by atoms with van der Waals surface area (Å²) in [5.74, 6) is 0.0778. The van der Waals surface area contributed by atoms with E-state index in [2.05, 4.69) is 10.3 Å². The SMILES string of the molecule is COc1ccc(C2(C(=O)Nc3ccc(OC(c4ccccc4)c4ccccc4)c(C(=O)OC(C)C)c3)C=CC=N2)cc1. The van der Waals surface area contributed by atoms with Gasteiger partial charge in [0.1, 0.15) is 23.2 Å². The Hall–Kier alpha value is -5.17.